The van der Waals surface area contributed by atoms with Crippen molar-refractivity contribution in [2.75, 3.05) is 13.1 Å². The second kappa shape index (κ2) is 5.65. The summed E-state index contributed by atoms with van der Waals surface area (Å²) in [7, 11) is 0. The van der Waals surface area contributed by atoms with Gasteiger partial charge in [-0.1, -0.05) is 13.0 Å². The number of carboxylic acids is 1. The first-order valence-electron chi connectivity index (χ1n) is 6.17. The molecule has 100 valence electrons. The van der Waals surface area contributed by atoms with Gasteiger partial charge in [0.15, 0.2) is 0 Å². The third kappa shape index (κ3) is 3.19. The van der Waals surface area contributed by atoms with Crippen LogP contribution >= 0.6 is 0 Å². The Hall–Kier alpha value is -2.17. The number of amides is 1. The topological polar surface area (TPSA) is 70.5 Å². The van der Waals surface area contributed by atoms with E-state index in [1.165, 1.54) is 6.08 Å². The van der Waals surface area contributed by atoms with Gasteiger partial charge in [0.25, 0.3) is 0 Å². The van der Waals surface area contributed by atoms with Crippen LogP contribution in [0.1, 0.15) is 12.5 Å². The smallest absolute Gasteiger partial charge is 0.306 e. The van der Waals surface area contributed by atoms with Crippen LogP contribution in [0.3, 0.4) is 0 Å². The summed E-state index contributed by atoms with van der Waals surface area (Å²) in [5.74, 6) is -1.22. The summed E-state index contributed by atoms with van der Waals surface area (Å²) in [4.78, 5) is 28.2. The summed E-state index contributed by atoms with van der Waals surface area (Å²) in [6.07, 6.45) is 6.56. The molecule has 2 heterocycles. The minimum Gasteiger partial charge on any atom is -0.481 e. The molecule has 1 amide bonds. The van der Waals surface area contributed by atoms with Gasteiger partial charge in [-0.25, -0.2) is 0 Å². The van der Waals surface area contributed by atoms with Gasteiger partial charge < -0.3 is 10.0 Å². The van der Waals surface area contributed by atoms with E-state index >= 15 is 0 Å². The highest BCUT2D eigenvalue weighted by molar-refractivity contribution is 5.92. The normalized spacial score (nSPS) is 17.2. The van der Waals surface area contributed by atoms with E-state index in [1.807, 2.05) is 6.07 Å². The molecular weight excluding hydrogens is 244 g/mol. The van der Waals surface area contributed by atoms with E-state index in [1.54, 1.807) is 36.4 Å². The van der Waals surface area contributed by atoms with E-state index in [0.29, 0.717) is 13.1 Å². The molecule has 1 aromatic rings. The molecule has 1 atom stereocenters. The maximum atomic E-state index is 11.8. The summed E-state index contributed by atoms with van der Waals surface area (Å²) >= 11 is 0. The summed E-state index contributed by atoms with van der Waals surface area (Å²) in [5.41, 5.74) is 0.867. The fourth-order valence-electron chi connectivity index (χ4n) is 1.96. The van der Waals surface area contributed by atoms with Crippen LogP contribution in [0.4, 0.5) is 0 Å². The van der Waals surface area contributed by atoms with E-state index < -0.39 is 11.9 Å². The number of pyridine rings is 1. The number of nitrogens with zero attached hydrogens (tertiary/aromatic N) is 2. The number of carboxylic acid groups (broad SMARTS) is 1. The fraction of sp³-hybridized carbons (Fsp3) is 0.357. The Labute approximate surface area is 111 Å². The van der Waals surface area contributed by atoms with Gasteiger partial charge in [0.1, 0.15) is 0 Å². The SMILES string of the molecule is CC(C(=O)O)C1CN(C(=O)/C=C/c2cccnc2)C1. The van der Waals surface area contributed by atoms with Crippen LogP contribution in [-0.2, 0) is 9.59 Å². The first-order chi connectivity index (χ1) is 9.08. The molecule has 5 nitrogen and oxygen atoms in total. The minimum atomic E-state index is -0.803. The van der Waals surface area contributed by atoms with Crippen LogP contribution in [0.15, 0.2) is 30.6 Å². The number of aromatic nitrogens is 1. The molecule has 1 aliphatic heterocycles. The lowest BCUT2D eigenvalue weighted by molar-refractivity contribution is -0.148. The van der Waals surface area contributed by atoms with Gasteiger partial charge in [-0.3, -0.25) is 14.6 Å². The number of likely N-dealkylation sites (tertiary alicyclic amines) is 1. The van der Waals surface area contributed by atoms with Gasteiger partial charge in [-0.2, -0.15) is 0 Å². The molecule has 19 heavy (non-hydrogen) atoms. The van der Waals surface area contributed by atoms with Crippen LogP contribution in [0, 0.1) is 11.8 Å². The highest BCUT2D eigenvalue weighted by atomic mass is 16.4. The molecule has 0 aliphatic carbocycles. The molecule has 0 spiro atoms. The average molecular weight is 260 g/mol. The quantitative estimate of drug-likeness (QED) is 0.828. The van der Waals surface area contributed by atoms with Crippen LogP contribution in [0.25, 0.3) is 6.08 Å². The number of hydrogen-bond donors (Lipinski definition) is 1. The molecule has 1 unspecified atom stereocenters. The summed E-state index contributed by atoms with van der Waals surface area (Å²) in [5, 5.41) is 8.87. The Kier molecular flexibility index (Phi) is 3.94. The number of rotatable bonds is 4. The zero-order valence-corrected chi connectivity index (χ0v) is 10.7. The Bertz CT molecular complexity index is 493. The van der Waals surface area contributed by atoms with E-state index in [0.717, 1.165) is 5.56 Å². The van der Waals surface area contributed by atoms with Crippen molar-refractivity contribution >= 4 is 18.0 Å². The number of carbonyl (C=O) groups excluding carboxylic acids is 1. The van der Waals surface area contributed by atoms with Crippen LogP contribution in [0.5, 0.6) is 0 Å². The Morgan fingerprint density at radius 3 is 2.84 bits per heavy atom. The van der Waals surface area contributed by atoms with Crippen molar-refractivity contribution < 1.29 is 14.7 Å². The van der Waals surface area contributed by atoms with Crippen molar-refractivity contribution in [1.82, 2.24) is 9.88 Å². The predicted molar refractivity (Wildman–Crippen MR) is 70.1 cm³/mol. The number of hydrogen-bond acceptors (Lipinski definition) is 3. The standard InChI is InChI=1S/C14H16N2O3/c1-10(14(18)19)12-8-16(9-12)13(17)5-4-11-3-2-6-15-7-11/h2-7,10,12H,8-9H2,1H3,(H,18,19)/b5-4+. The Morgan fingerprint density at radius 2 is 2.26 bits per heavy atom. The molecule has 2 rings (SSSR count). The third-order valence-electron chi connectivity index (χ3n) is 3.42. The number of carbonyl (C=O) groups is 2. The lowest BCUT2D eigenvalue weighted by Crippen LogP contribution is -2.53. The molecule has 0 saturated carbocycles. The van der Waals surface area contributed by atoms with Crippen molar-refractivity contribution in [3.8, 4) is 0 Å². The van der Waals surface area contributed by atoms with Gasteiger partial charge in [0.2, 0.25) is 5.91 Å². The van der Waals surface area contributed by atoms with Crippen LogP contribution in [-0.4, -0.2) is 40.0 Å². The summed E-state index contributed by atoms with van der Waals surface area (Å²) in [6.45, 7) is 2.72. The lowest BCUT2D eigenvalue weighted by Gasteiger charge is -2.40. The lowest BCUT2D eigenvalue weighted by atomic mass is 9.87. The third-order valence-corrected chi connectivity index (χ3v) is 3.42. The first kappa shape index (κ1) is 13.3. The van der Waals surface area contributed by atoms with E-state index in [4.69, 9.17) is 5.11 Å². The van der Waals surface area contributed by atoms with E-state index in [-0.39, 0.29) is 11.8 Å². The number of aliphatic carboxylic acids is 1. The molecule has 0 aromatic carbocycles. The van der Waals surface area contributed by atoms with Crippen LogP contribution < -0.4 is 0 Å². The molecule has 1 fully saturated rings. The van der Waals surface area contributed by atoms with Gasteiger partial charge in [-0.15, -0.1) is 0 Å². The minimum absolute atomic E-state index is 0.0632. The second-order valence-electron chi connectivity index (χ2n) is 4.75. The highest BCUT2D eigenvalue weighted by Crippen LogP contribution is 2.24. The summed E-state index contributed by atoms with van der Waals surface area (Å²) < 4.78 is 0. The maximum absolute atomic E-state index is 11.8. The van der Waals surface area contributed by atoms with Crippen molar-refractivity contribution in [1.29, 1.82) is 0 Å². The molecular formula is C14H16N2O3. The first-order valence-corrected chi connectivity index (χ1v) is 6.17. The fourth-order valence-corrected chi connectivity index (χ4v) is 1.96. The Morgan fingerprint density at radius 1 is 1.53 bits per heavy atom. The average Bonchev–Trinajstić information content (AvgIpc) is 2.35. The second-order valence-corrected chi connectivity index (χ2v) is 4.75. The van der Waals surface area contributed by atoms with Gasteiger partial charge in [0, 0.05) is 37.5 Å². The molecule has 1 N–H and O–H groups in total. The maximum Gasteiger partial charge on any atom is 0.306 e. The van der Waals surface area contributed by atoms with Crippen molar-refractivity contribution in [3.05, 3.63) is 36.2 Å². The van der Waals surface area contributed by atoms with Crippen molar-refractivity contribution in [3.63, 3.8) is 0 Å². The summed E-state index contributed by atoms with van der Waals surface area (Å²) in [6, 6.07) is 3.67. The molecule has 1 saturated heterocycles. The zero-order chi connectivity index (χ0) is 13.8. The molecule has 5 heteroatoms. The van der Waals surface area contributed by atoms with Crippen molar-refractivity contribution in [2.24, 2.45) is 11.8 Å². The zero-order valence-electron chi connectivity index (χ0n) is 10.7. The van der Waals surface area contributed by atoms with E-state index in [9.17, 15) is 9.59 Å². The van der Waals surface area contributed by atoms with Gasteiger partial charge in [-0.05, 0) is 17.7 Å². The van der Waals surface area contributed by atoms with Gasteiger partial charge in [0.05, 0.1) is 5.92 Å². The molecule has 1 aromatic heterocycles. The molecule has 1 aliphatic rings. The highest BCUT2D eigenvalue weighted by Gasteiger charge is 2.36. The van der Waals surface area contributed by atoms with Crippen LogP contribution in [0.2, 0.25) is 0 Å². The largest absolute Gasteiger partial charge is 0.481 e. The van der Waals surface area contributed by atoms with Gasteiger partial charge >= 0.3 is 5.97 Å². The van der Waals surface area contributed by atoms with E-state index in [2.05, 4.69) is 4.98 Å². The van der Waals surface area contributed by atoms with Crippen molar-refractivity contribution in [2.45, 2.75) is 6.92 Å². The predicted octanol–water partition coefficient (Wildman–Crippen LogP) is 1.27. The molecule has 0 radical (unpaired) electrons. The monoisotopic (exact) mass is 260 g/mol. The molecule has 0 bridgehead atoms. The Balaban J connectivity index is 1.84.